The second kappa shape index (κ2) is 8.01. The van der Waals surface area contributed by atoms with Crippen molar-refractivity contribution in [1.29, 1.82) is 5.26 Å². The van der Waals surface area contributed by atoms with Crippen molar-refractivity contribution in [3.8, 4) is 23.6 Å². The summed E-state index contributed by atoms with van der Waals surface area (Å²) in [5, 5.41) is 15.6. The molecule has 1 aromatic heterocycles. The standard InChI is InChI=1S/C18H14F3IN4O/c1-4-6-11-10(3)17(18(19,20)21)15(7-13(11)24-16(27)5-2)26-9-12(22)14(8-23)25-26/h7,9H,5H2,1-3H3,(H,24,27). The van der Waals surface area contributed by atoms with Gasteiger partial charge in [-0.25, -0.2) is 4.68 Å². The maximum absolute atomic E-state index is 13.8. The van der Waals surface area contributed by atoms with Crippen LogP contribution in [-0.2, 0) is 11.0 Å². The number of hydrogen-bond acceptors (Lipinski definition) is 3. The molecule has 0 aliphatic carbocycles. The van der Waals surface area contributed by atoms with Crippen LogP contribution in [0.1, 0.15) is 42.7 Å². The van der Waals surface area contributed by atoms with Crippen molar-refractivity contribution in [3.63, 3.8) is 0 Å². The molecule has 0 fully saturated rings. The molecule has 0 aliphatic heterocycles. The van der Waals surface area contributed by atoms with Crippen LogP contribution in [0, 0.1) is 33.7 Å². The van der Waals surface area contributed by atoms with E-state index in [1.54, 1.807) is 6.92 Å². The zero-order chi connectivity index (χ0) is 20.4. The van der Waals surface area contributed by atoms with E-state index in [2.05, 4.69) is 22.3 Å². The SMILES string of the molecule is CC#Cc1c(NC(=O)CC)cc(-n2cc(I)c(C#N)n2)c(C(F)(F)F)c1C. The van der Waals surface area contributed by atoms with E-state index in [9.17, 15) is 18.0 Å². The monoisotopic (exact) mass is 486 g/mol. The first-order chi connectivity index (χ1) is 12.6. The maximum atomic E-state index is 13.8. The van der Waals surface area contributed by atoms with Crippen molar-refractivity contribution in [2.45, 2.75) is 33.4 Å². The fraction of sp³-hybridized carbons (Fsp3) is 0.278. The van der Waals surface area contributed by atoms with E-state index in [-0.39, 0.29) is 40.5 Å². The third-order valence-electron chi connectivity index (χ3n) is 3.71. The van der Waals surface area contributed by atoms with Gasteiger partial charge in [0.1, 0.15) is 6.07 Å². The molecule has 2 rings (SSSR count). The number of carbonyl (C=O) groups is 1. The number of nitriles is 1. The van der Waals surface area contributed by atoms with Crippen LogP contribution in [0.5, 0.6) is 0 Å². The molecule has 0 atom stereocenters. The van der Waals surface area contributed by atoms with Gasteiger partial charge in [-0.1, -0.05) is 12.8 Å². The molecular weight excluding hydrogens is 472 g/mol. The van der Waals surface area contributed by atoms with Gasteiger partial charge in [0.2, 0.25) is 5.91 Å². The molecule has 0 saturated carbocycles. The lowest BCUT2D eigenvalue weighted by atomic mass is 9.97. The summed E-state index contributed by atoms with van der Waals surface area (Å²) < 4.78 is 42.9. The molecule has 0 radical (unpaired) electrons. The Hall–Kier alpha value is -2.53. The number of amides is 1. The zero-order valence-corrected chi connectivity index (χ0v) is 16.8. The van der Waals surface area contributed by atoms with Crippen LogP contribution in [0.3, 0.4) is 0 Å². The largest absolute Gasteiger partial charge is 0.418 e. The van der Waals surface area contributed by atoms with Crippen molar-refractivity contribution in [1.82, 2.24) is 9.78 Å². The summed E-state index contributed by atoms with van der Waals surface area (Å²) >= 11 is 1.82. The Bertz CT molecular complexity index is 1010. The van der Waals surface area contributed by atoms with Gasteiger partial charge >= 0.3 is 6.18 Å². The minimum atomic E-state index is -4.68. The fourth-order valence-corrected chi connectivity index (χ4v) is 3.01. The first-order valence-electron chi connectivity index (χ1n) is 7.77. The quantitative estimate of drug-likeness (QED) is 0.517. The molecule has 27 heavy (non-hydrogen) atoms. The third kappa shape index (κ3) is 4.25. The fourth-order valence-electron chi connectivity index (χ4n) is 2.51. The van der Waals surface area contributed by atoms with Crippen molar-refractivity contribution in [2.75, 3.05) is 5.32 Å². The molecule has 1 N–H and O–H groups in total. The van der Waals surface area contributed by atoms with E-state index >= 15 is 0 Å². The van der Waals surface area contributed by atoms with E-state index in [0.29, 0.717) is 3.57 Å². The van der Waals surface area contributed by atoms with Crippen molar-refractivity contribution < 1.29 is 18.0 Å². The molecule has 1 aromatic carbocycles. The number of nitrogens with zero attached hydrogens (tertiary/aromatic N) is 3. The normalized spacial score (nSPS) is 10.7. The number of nitrogens with one attached hydrogen (secondary N) is 1. The Kier molecular flexibility index (Phi) is 6.16. The first-order valence-corrected chi connectivity index (χ1v) is 8.84. The van der Waals surface area contributed by atoms with Crippen LogP contribution in [0.25, 0.3) is 5.69 Å². The molecule has 9 heteroatoms. The van der Waals surface area contributed by atoms with Crippen LogP contribution in [-0.4, -0.2) is 15.7 Å². The van der Waals surface area contributed by atoms with E-state index in [1.165, 1.54) is 26.1 Å². The highest BCUT2D eigenvalue weighted by Gasteiger charge is 2.38. The van der Waals surface area contributed by atoms with Gasteiger partial charge in [-0.15, -0.1) is 5.92 Å². The third-order valence-corrected chi connectivity index (χ3v) is 4.50. The lowest BCUT2D eigenvalue weighted by molar-refractivity contribution is -0.138. The average molecular weight is 486 g/mol. The number of alkyl halides is 3. The number of aromatic nitrogens is 2. The first kappa shape index (κ1) is 20.8. The van der Waals surface area contributed by atoms with Gasteiger partial charge in [-0.3, -0.25) is 4.79 Å². The number of halogens is 4. The summed E-state index contributed by atoms with van der Waals surface area (Å²) in [5.41, 5.74) is -1.05. The van der Waals surface area contributed by atoms with Gasteiger partial charge in [0, 0.05) is 12.6 Å². The highest BCUT2D eigenvalue weighted by molar-refractivity contribution is 14.1. The van der Waals surface area contributed by atoms with Crippen LogP contribution in [0.2, 0.25) is 0 Å². The van der Waals surface area contributed by atoms with Crippen LogP contribution < -0.4 is 5.32 Å². The van der Waals surface area contributed by atoms with Crippen molar-refractivity contribution in [3.05, 3.63) is 38.2 Å². The molecule has 5 nitrogen and oxygen atoms in total. The van der Waals surface area contributed by atoms with E-state index in [1.807, 2.05) is 28.7 Å². The number of carbonyl (C=O) groups excluding carboxylic acids is 1. The Balaban J connectivity index is 2.89. The molecule has 0 saturated heterocycles. The molecule has 2 aromatic rings. The number of hydrogen-bond donors (Lipinski definition) is 1. The van der Waals surface area contributed by atoms with Crippen LogP contribution in [0.4, 0.5) is 18.9 Å². The molecule has 1 heterocycles. The van der Waals surface area contributed by atoms with Crippen LogP contribution in [0.15, 0.2) is 12.3 Å². The molecular formula is C18H14F3IN4O. The molecule has 1 amide bonds. The highest BCUT2D eigenvalue weighted by Crippen LogP contribution is 2.40. The topological polar surface area (TPSA) is 70.7 Å². The lowest BCUT2D eigenvalue weighted by Gasteiger charge is -2.20. The van der Waals surface area contributed by atoms with E-state index in [4.69, 9.17) is 5.26 Å². The van der Waals surface area contributed by atoms with Gasteiger partial charge in [-0.2, -0.15) is 23.5 Å². The Morgan fingerprint density at radius 2 is 2.11 bits per heavy atom. The lowest BCUT2D eigenvalue weighted by Crippen LogP contribution is -2.18. The van der Waals surface area contributed by atoms with Gasteiger partial charge in [0.15, 0.2) is 5.69 Å². The number of anilines is 1. The van der Waals surface area contributed by atoms with E-state index in [0.717, 1.165) is 4.68 Å². The summed E-state index contributed by atoms with van der Waals surface area (Å²) in [6, 6.07) is 3.02. The second-order valence-electron chi connectivity index (χ2n) is 5.47. The van der Waals surface area contributed by atoms with Gasteiger partial charge < -0.3 is 5.32 Å². The number of benzene rings is 1. The van der Waals surface area contributed by atoms with Crippen molar-refractivity contribution >= 4 is 34.2 Å². The second-order valence-corrected chi connectivity index (χ2v) is 6.64. The van der Waals surface area contributed by atoms with Gasteiger partial charge in [-0.05, 0) is 48.1 Å². The van der Waals surface area contributed by atoms with Crippen molar-refractivity contribution in [2.24, 2.45) is 0 Å². The Morgan fingerprint density at radius 3 is 2.59 bits per heavy atom. The molecule has 0 unspecified atom stereocenters. The van der Waals surface area contributed by atoms with Gasteiger partial charge in [0.05, 0.1) is 26.1 Å². The summed E-state index contributed by atoms with van der Waals surface area (Å²) in [4.78, 5) is 11.8. The summed E-state index contributed by atoms with van der Waals surface area (Å²) in [6.45, 7) is 4.43. The summed E-state index contributed by atoms with van der Waals surface area (Å²) in [6.07, 6.45) is -3.19. The minimum Gasteiger partial charge on any atom is -0.325 e. The molecule has 140 valence electrons. The Morgan fingerprint density at radius 1 is 1.44 bits per heavy atom. The minimum absolute atomic E-state index is 0.0120. The van der Waals surface area contributed by atoms with E-state index < -0.39 is 11.7 Å². The average Bonchev–Trinajstić information content (AvgIpc) is 2.97. The molecule has 0 spiro atoms. The van der Waals surface area contributed by atoms with Gasteiger partial charge in [0.25, 0.3) is 0 Å². The molecule has 0 aliphatic rings. The smallest absolute Gasteiger partial charge is 0.325 e. The highest BCUT2D eigenvalue weighted by atomic mass is 127. The zero-order valence-electron chi connectivity index (χ0n) is 14.6. The maximum Gasteiger partial charge on any atom is 0.418 e. The molecule has 0 bridgehead atoms. The predicted molar refractivity (Wildman–Crippen MR) is 102 cm³/mol. The predicted octanol–water partition coefficient (Wildman–Crippen LogP) is 4.40. The summed E-state index contributed by atoms with van der Waals surface area (Å²) in [7, 11) is 0. The Labute approximate surface area is 167 Å². The van der Waals surface area contributed by atoms with Crippen LogP contribution >= 0.6 is 22.6 Å². The summed E-state index contributed by atoms with van der Waals surface area (Å²) in [5.74, 6) is 4.87. The number of rotatable bonds is 3.